The Bertz CT molecular complexity index is 999. The van der Waals surface area contributed by atoms with Crippen LogP contribution in [-0.4, -0.2) is 64.9 Å². The lowest BCUT2D eigenvalue weighted by molar-refractivity contribution is -0.0511. The molecule has 1 unspecified atom stereocenters. The minimum absolute atomic E-state index is 0.143. The Labute approximate surface area is 167 Å². The van der Waals surface area contributed by atoms with Gasteiger partial charge in [-0.3, -0.25) is 4.57 Å². The summed E-state index contributed by atoms with van der Waals surface area (Å²) in [5, 5.41) is 42.6. The fourth-order valence-corrected chi connectivity index (χ4v) is 3.49. The molecular weight excluding hydrogens is 434 g/mol. The molecule has 1 aliphatic heterocycles. The molecule has 5 N–H and O–H groups in total. The van der Waals surface area contributed by atoms with Gasteiger partial charge in [-0.2, -0.15) is 0 Å². The van der Waals surface area contributed by atoms with E-state index in [1.165, 1.54) is 17.2 Å². The van der Waals surface area contributed by atoms with Crippen molar-refractivity contribution in [1.29, 1.82) is 0 Å². The van der Waals surface area contributed by atoms with Crippen LogP contribution in [0.3, 0.4) is 0 Å². The van der Waals surface area contributed by atoms with Crippen molar-refractivity contribution in [1.82, 2.24) is 19.5 Å². The number of aliphatic hydroxyl groups is 3. The first-order valence-electron chi connectivity index (χ1n) is 8.51. The van der Waals surface area contributed by atoms with Gasteiger partial charge in [0.2, 0.25) is 0 Å². The van der Waals surface area contributed by atoms with Crippen molar-refractivity contribution < 1.29 is 25.2 Å². The van der Waals surface area contributed by atoms with Crippen LogP contribution in [0.4, 0.5) is 5.82 Å². The standard InChI is InChI=1S/C17H18BrN5O5/c18-9-2-1-8(10(25)3-9)4-19-15-12-16(21-6-20-15)23(7-22-12)17-14(27)13(26)11(5-24)28-17/h1-3,6-7,11,13-14,17,24-27H,4-5H2,(H,19,20,21)/t11-,13-,14-,17?/m1/s1. The summed E-state index contributed by atoms with van der Waals surface area (Å²) in [5.41, 5.74) is 1.52. The Morgan fingerprint density at radius 1 is 1.18 bits per heavy atom. The predicted molar refractivity (Wildman–Crippen MR) is 101 cm³/mol. The third-order valence-electron chi connectivity index (χ3n) is 4.64. The summed E-state index contributed by atoms with van der Waals surface area (Å²) in [7, 11) is 0. The van der Waals surface area contributed by atoms with Crippen LogP contribution in [0.1, 0.15) is 11.8 Å². The number of phenols is 1. The molecule has 1 fully saturated rings. The molecule has 0 radical (unpaired) electrons. The highest BCUT2D eigenvalue weighted by molar-refractivity contribution is 9.10. The number of nitrogens with one attached hydrogen (secondary N) is 1. The number of imidazole rings is 1. The molecule has 148 valence electrons. The summed E-state index contributed by atoms with van der Waals surface area (Å²) < 4.78 is 7.80. The fraction of sp³-hybridized carbons (Fsp3) is 0.353. The van der Waals surface area contributed by atoms with Gasteiger partial charge in [-0.05, 0) is 12.1 Å². The van der Waals surface area contributed by atoms with Crippen LogP contribution in [0.5, 0.6) is 5.75 Å². The van der Waals surface area contributed by atoms with E-state index in [2.05, 4.69) is 36.2 Å². The lowest BCUT2D eigenvalue weighted by Gasteiger charge is -2.16. The van der Waals surface area contributed by atoms with Crippen LogP contribution in [0.25, 0.3) is 11.2 Å². The first-order valence-corrected chi connectivity index (χ1v) is 9.30. The SMILES string of the molecule is OC[C@H]1OC(n2cnc3c(NCc4ccc(Br)cc4O)ncnc32)[C@H](O)[C@@H]1O. The largest absolute Gasteiger partial charge is 0.508 e. The van der Waals surface area contributed by atoms with Gasteiger partial charge in [0.25, 0.3) is 0 Å². The molecule has 4 atom stereocenters. The number of aliphatic hydroxyl groups excluding tert-OH is 3. The molecule has 3 aromatic rings. The molecule has 1 aromatic carbocycles. The van der Waals surface area contributed by atoms with E-state index >= 15 is 0 Å². The van der Waals surface area contributed by atoms with E-state index in [4.69, 9.17) is 4.74 Å². The number of ether oxygens (including phenoxy) is 1. The van der Waals surface area contributed by atoms with E-state index in [1.54, 1.807) is 12.1 Å². The van der Waals surface area contributed by atoms with E-state index in [9.17, 15) is 20.4 Å². The van der Waals surface area contributed by atoms with E-state index in [1.807, 2.05) is 6.07 Å². The van der Waals surface area contributed by atoms with Crippen molar-refractivity contribution in [3.63, 3.8) is 0 Å². The molecule has 1 saturated heterocycles. The van der Waals surface area contributed by atoms with Crippen molar-refractivity contribution >= 4 is 32.9 Å². The molecule has 28 heavy (non-hydrogen) atoms. The maximum atomic E-state index is 10.2. The molecule has 0 aliphatic carbocycles. The average molecular weight is 452 g/mol. The Hall–Kier alpha value is -2.31. The predicted octanol–water partition coefficient (Wildman–Crippen LogP) is 0.518. The normalized spacial score (nSPS) is 24.7. The molecule has 0 amide bonds. The summed E-state index contributed by atoms with van der Waals surface area (Å²) >= 11 is 3.30. The maximum Gasteiger partial charge on any atom is 0.167 e. The number of fused-ring (bicyclic) bond motifs is 1. The quantitative estimate of drug-likeness (QED) is 0.374. The van der Waals surface area contributed by atoms with Gasteiger partial charge >= 0.3 is 0 Å². The first-order chi connectivity index (χ1) is 13.5. The van der Waals surface area contributed by atoms with Crippen LogP contribution in [0.2, 0.25) is 0 Å². The molecule has 2 aromatic heterocycles. The topological polar surface area (TPSA) is 146 Å². The summed E-state index contributed by atoms with van der Waals surface area (Å²) in [6.45, 7) is -0.105. The number of halogens is 1. The Kier molecular flexibility index (Phi) is 5.17. The zero-order chi connectivity index (χ0) is 19.8. The van der Waals surface area contributed by atoms with Gasteiger partial charge < -0.3 is 30.5 Å². The summed E-state index contributed by atoms with van der Waals surface area (Å²) in [5.74, 6) is 0.585. The van der Waals surface area contributed by atoms with Gasteiger partial charge in [-0.15, -0.1) is 0 Å². The number of nitrogens with zero attached hydrogens (tertiary/aromatic N) is 4. The molecule has 0 saturated carbocycles. The van der Waals surface area contributed by atoms with Crippen molar-refractivity contribution in [3.8, 4) is 5.75 Å². The molecule has 10 nitrogen and oxygen atoms in total. The number of hydrogen-bond acceptors (Lipinski definition) is 9. The number of aromatic nitrogens is 4. The number of phenolic OH excluding ortho intramolecular Hbond substituents is 1. The second-order valence-electron chi connectivity index (χ2n) is 6.40. The molecule has 1 aliphatic rings. The number of hydrogen-bond donors (Lipinski definition) is 5. The van der Waals surface area contributed by atoms with Gasteiger partial charge in [0.15, 0.2) is 23.2 Å². The molecule has 0 bridgehead atoms. The first kappa shape index (κ1) is 19.0. The highest BCUT2D eigenvalue weighted by Gasteiger charge is 2.44. The Morgan fingerprint density at radius 3 is 2.71 bits per heavy atom. The van der Waals surface area contributed by atoms with Crippen LogP contribution in [0, 0.1) is 0 Å². The van der Waals surface area contributed by atoms with E-state index in [0.29, 0.717) is 29.1 Å². The van der Waals surface area contributed by atoms with Gasteiger partial charge in [0.05, 0.1) is 12.9 Å². The van der Waals surface area contributed by atoms with Gasteiger partial charge in [0.1, 0.15) is 30.4 Å². The molecule has 4 rings (SSSR count). The molecule has 11 heteroatoms. The highest BCUT2D eigenvalue weighted by atomic mass is 79.9. The van der Waals surface area contributed by atoms with E-state index in [0.717, 1.165) is 4.47 Å². The third-order valence-corrected chi connectivity index (χ3v) is 5.14. The van der Waals surface area contributed by atoms with Gasteiger partial charge in [0, 0.05) is 16.6 Å². The summed E-state index contributed by atoms with van der Waals surface area (Å²) in [4.78, 5) is 12.7. The van der Waals surface area contributed by atoms with Crippen LogP contribution >= 0.6 is 15.9 Å². The molecular formula is C17H18BrN5O5. The fourth-order valence-electron chi connectivity index (χ4n) is 3.14. The van der Waals surface area contributed by atoms with Gasteiger partial charge in [-0.1, -0.05) is 22.0 Å². The minimum Gasteiger partial charge on any atom is -0.508 e. The van der Waals surface area contributed by atoms with Gasteiger partial charge in [-0.25, -0.2) is 15.0 Å². The number of anilines is 1. The lowest BCUT2D eigenvalue weighted by atomic mass is 10.1. The van der Waals surface area contributed by atoms with Crippen molar-refractivity contribution in [3.05, 3.63) is 40.9 Å². The van der Waals surface area contributed by atoms with Crippen molar-refractivity contribution in [2.75, 3.05) is 11.9 Å². The Balaban J connectivity index is 1.60. The second kappa shape index (κ2) is 7.60. The zero-order valence-electron chi connectivity index (χ0n) is 14.5. The number of aromatic hydroxyl groups is 1. The molecule has 0 spiro atoms. The average Bonchev–Trinajstić information content (AvgIpc) is 3.23. The smallest absolute Gasteiger partial charge is 0.167 e. The zero-order valence-corrected chi connectivity index (χ0v) is 16.1. The van der Waals surface area contributed by atoms with E-state index in [-0.39, 0.29) is 5.75 Å². The van der Waals surface area contributed by atoms with Crippen LogP contribution in [-0.2, 0) is 11.3 Å². The minimum atomic E-state index is -1.24. The summed E-state index contributed by atoms with van der Waals surface area (Å²) in [6, 6.07) is 5.20. The number of rotatable bonds is 5. The monoisotopic (exact) mass is 451 g/mol. The number of benzene rings is 1. The third kappa shape index (κ3) is 3.31. The van der Waals surface area contributed by atoms with Crippen molar-refractivity contribution in [2.24, 2.45) is 0 Å². The van der Waals surface area contributed by atoms with Crippen LogP contribution < -0.4 is 5.32 Å². The maximum absolute atomic E-state index is 10.2. The van der Waals surface area contributed by atoms with Crippen molar-refractivity contribution in [2.45, 2.75) is 31.1 Å². The highest BCUT2D eigenvalue weighted by Crippen LogP contribution is 2.32. The Morgan fingerprint density at radius 2 is 2.00 bits per heavy atom. The molecule has 3 heterocycles. The van der Waals surface area contributed by atoms with E-state index < -0.39 is 31.1 Å². The lowest BCUT2D eigenvalue weighted by Crippen LogP contribution is -2.33. The second-order valence-corrected chi connectivity index (χ2v) is 7.32. The van der Waals surface area contributed by atoms with Crippen LogP contribution in [0.15, 0.2) is 35.3 Å². The summed E-state index contributed by atoms with van der Waals surface area (Å²) in [6.07, 6.45) is -1.51.